The van der Waals surface area contributed by atoms with Crippen molar-refractivity contribution in [3.05, 3.63) is 41.2 Å². The van der Waals surface area contributed by atoms with Gasteiger partial charge >= 0.3 is 6.03 Å². The predicted molar refractivity (Wildman–Crippen MR) is 115 cm³/mol. The number of nitrogens with one attached hydrogen (secondary N) is 2. The number of carbonyl (C=O) groups excluding carboxylic acids is 2. The molecule has 0 bridgehead atoms. The number of nitriles is 1. The second-order valence-electron chi connectivity index (χ2n) is 6.66. The molecular weight excluding hydrogens is 403 g/mol. The third-order valence-electron chi connectivity index (χ3n) is 4.56. The molecule has 1 unspecified atom stereocenters. The Hall–Kier alpha value is -3.58. The topological polar surface area (TPSA) is 120 Å². The Balaban J connectivity index is 2.37. The summed E-state index contributed by atoms with van der Waals surface area (Å²) in [7, 11) is 1.56. The molecule has 0 aliphatic rings. The molecule has 2 amide bonds. The van der Waals surface area contributed by atoms with Crippen LogP contribution in [0.2, 0.25) is 0 Å². The largest absolute Gasteiger partial charge is 0.383 e. The van der Waals surface area contributed by atoms with Gasteiger partial charge < -0.3 is 10.1 Å². The maximum Gasteiger partial charge on any atom is 0.329 e. The highest BCUT2D eigenvalue weighted by molar-refractivity contribution is 6.02. The predicted octanol–water partition coefficient (Wildman–Crippen LogP) is 3.31. The molecule has 9 nitrogen and oxygen atoms in total. The number of ether oxygens (including phenoxy) is 1. The first kappa shape index (κ1) is 23.7. The van der Waals surface area contributed by atoms with Crippen molar-refractivity contribution in [2.45, 2.75) is 26.3 Å². The van der Waals surface area contributed by atoms with E-state index in [1.165, 1.54) is 23.2 Å². The van der Waals surface area contributed by atoms with Crippen molar-refractivity contribution in [2.24, 2.45) is 0 Å². The lowest BCUT2D eigenvalue weighted by Crippen LogP contribution is -2.45. The monoisotopic (exact) mass is 428 g/mol. The van der Waals surface area contributed by atoms with E-state index in [0.29, 0.717) is 42.7 Å². The van der Waals surface area contributed by atoms with Crippen LogP contribution < -0.4 is 15.5 Å². The number of amides is 2. The third-order valence-corrected chi connectivity index (χ3v) is 4.56. The molecule has 31 heavy (non-hydrogen) atoms. The third kappa shape index (κ3) is 5.96. The summed E-state index contributed by atoms with van der Waals surface area (Å²) < 4.78 is 18.7. The lowest BCUT2D eigenvalue weighted by molar-refractivity contribution is 0.111. The van der Waals surface area contributed by atoms with Gasteiger partial charge in [-0.05, 0) is 25.0 Å². The molecule has 0 aromatic carbocycles. The molecule has 0 aliphatic heterocycles. The smallest absolute Gasteiger partial charge is 0.329 e. The highest BCUT2D eigenvalue weighted by Gasteiger charge is 2.27. The number of alkyl halides is 1. The van der Waals surface area contributed by atoms with Crippen LogP contribution in [0.4, 0.5) is 26.5 Å². The normalized spacial score (nSPS) is 11.3. The van der Waals surface area contributed by atoms with Gasteiger partial charge in [0.1, 0.15) is 30.1 Å². The zero-order chi connectivity index (χ0) is 22.8. The van der Waals surface area contributed by atoms with E-state index in [1.54, 1.807) is 27.0 Å². The van der Waals surface area contributed by atoms with Gasteiger partial charge in [0.05, 0.1) is 23.9 Å². The summed E-state index contributed by atoms with van der Waals surface area (Å²) in [6.45, 7) is 3.56. The van der Waals surface area contributed by atoms with E-state index in [4.69, 9.17) is 4.74 Å². The van der Waals surface area contributed by atoms with E-state index in [-0.39, 0.29) is 17.3 Å². The fourth-order valence-corrected chi connectivity index (χ4v) is 2.85. The van der Waals surface area contributed by atoms with E-state index in [9.17, 15) is 19.2 Å². The molecule has 0 saturated heterocycles. The molecule has 10 heteroatoms. The van der Waals surface area contributed by atoms with Crippen molar-refractivity contribution in [1.29, 1.82) is 5.26 Å². The van der Waals surface area contributed by atoms with E-state index in [1.807, 2.05) is 6.07 Å². The summed E-state index contributed by atoms with van der Waals surface area (Å²) in [6.07, 6.45) is 2.23. The van der Waals surface area contributed by atoms with Crippen molar-refractivity contribution in [1.82, 2.24) is 9.97 Å². The minimum atomic E-state index is -0.791. The second-order valence-corrected chi connectivity index (χ2v) is 6.66. The summed E-state index contributed by atoms with van der Waals surface area (Å²) in [5, 5.41) is 14.9. The summed E-state index contributed by atoms with van der Waals surface area (Å²) >= 11 is 0. The number of pyridine rings is 2. The number of nitrogens with zero attached hydrogens (tertiary/aromatic N) is 4. The average molecular weight is 428 g/mol. The molecule has 0 saturated carbocycles. The molecule has 0 fully saturated rings. The Labute approximate surface area is 180 Å². The number of methoxy groups -OCH3 is 1. The van der Waals surface area contributed by atoms with Gasteiger partial charge in [-0.3, -0.25) is 15.0 Å². The molecule has 0 radical (unpaired) electrons. The Morgan fingerprint density at radius 3 is 2.84 bits per heavy atom. The van der Waals surface area contributed by atoms with Gasteiger partial charge in [0.15, 0.2) is 6.29 Å². The van der Waals surface area contributed by atoms with Gasteiger partial charge in [-0.15, -0.1) is 0 Å². The molecule has 2 N–H and O–H groups in total. The van der Waals surface area contributed by atoms with Crippen molar-refractivity contribution >= 4 is 29.6 Å². The van der Waals surface area contributed by atoms with Crippen LogP contribution in [-0.2, 0) is 4.74 Å². The van der Waals surface area contributed by atoms with Crippen LogP contribution >= 0.6 is 0 Å². The molecular formula is C21H25FN6O3. The number of urea groups is 1. The van der Waals surface area contributed by atoms with Gasteiger partial charge in [0.2, 0.25) is 0 Å². The highest BCUT2D eigenvalue weighted by atomic mass is 19.1. The number of rotatable bonds is 10. The lowest BCUT2D eigenvalue weighted by Gasteiger charge is -2.29. The fourth-order valence-electron chi connectivity index (χ4n) is 2.85. The van der Waals surface area contributed by atoms with Crippen molar-refractivity contribution in [2.75, 3.05) is 42.5 Å². The average Bonchev–Trinajstić information content (AvgIpc) is 2.78. The first-order chi connectivity index (χ1) is 15.0. The molecule has 0 spiro atoms. The summed E-state index contributed by atoms with van der Waals surface area (Å²) in [6, 6.07) is 5.28. The Morgan fingerprint density at radius 1 is 1.45 bits per heavy atom. The van der Waals surface area contributed by atoms with Crippen molar-refractivity contribution < 1.29 is 18.7 Å². The van der Waals surface area contributed by atoms with Crippen LogP contribution in [0.25, 0.3) is 0 Å². The summed E-state index contributed by atoms with van der Waals surface area (Å²) in [5.41, 5.74) is 1.53. The van der Waals surface area contributed by atoms with Crippen LogP contribution in [0.3, 0.4) is 0 Å². The van der Waals surface area contributed by atoms with Crippen LogP contribution in [-0.4, -0.2) is 55.3 Å². The number of anilines is 3. The first-order valence-electron chi connectivity index (χ1n) is 9.70. The maximum atomic E-state index is 13.8. The minimum absolute atomic E-state index is 0.133. The van der Waals surface area contributed by atoms with Crippen LogP contribution in [0.15, 0.2) is 24.4 Å². The molecule has 0 aliphatic carbocycles. The summed E-state index contributed by atoms with van der Waals surface area (Å²) in [4.78, 5) is 33.8. The van der Waals surface area contributed by atoms with Gasteiger partial charge in [-0.2, -0.15) is 5.26 Å². The van der Waals surface area contributed by atoms with Gasteiger partial charge in [-0.25, -0.2) is 19.2 Å². The van der Waals surface area contributed by atoms with Crippen molar-refractivity contribution in [3.8, 4) is 6.07 Å². The molecule has 2 aromatic heterocycles. The maximum absolute atomic E-state index is 13.8. The second kappa shape index (κ2) is 11.6. The first-order valence-corrected chi connectivity index (χ1v) is 9.70. The Kier molecular flexibility index (Phi) is 8.84. The Bertz CT molecular complexity index is 959. The fraction of sp³-hybridized carbons (Fsp3) is 0.381. The standard InChI is InChI=1S/C21H25FN6O3/c1-4-17(10-22)28(20-14(2)5-6-16(13-29)26-20)21(30)27-19-9-18(24-7-8-31-3)15(11-23)12-25-19/h5-6,9,12-13,17H,4,7-8,10H2,1-3H3,(H2,24,25,27,30). The van der Waals surface area contributed by atoms with Crippen molar-refractivity contribution in [3.63, 3.8) is 0 Å². The summed E-state index contributed by atoms with van der Waals surface area (Å²) in [5.74, 6) is 0.366. The van der Waals surface area contributed by atoms with Gasteiger partial charge in [0, 0.05) is 25.9 Å². The van der Waals surface area contributed by atoms with E-state index < -0.39 is 18.7 Å². The van der Waals surface area contributed by atoms with Gasteiger partial charge in [0.25, 0.3) is 0 Å². The van der Waals surface area contributed by atoms with E-state index in [2.05, 4.69) is 20.6 Å². The number of aryl methyl sites for hydroxylation is 1. The number of halogens is 1. The lowest BCUT2D eigenvalue weighted by atomic mass is 10.1. The Morgan fingerprint density at radius 2 is 2.23 bits per heavy atom. The number of carbonyl (C=O) groups is 2. The van der Waals surface area contributed by atoms with Crippen LogP contribution in [0.1, 0.15) is 35.0 Å². The molecule has 164 valence electrons. The van der Waals surface area contributed by atoms with E-state index >= 15 is 0 Å². The number of hydrogen-bond donors (Lipinski definition) is 2. The molecule has 2 aromatic rings. The quantitative estimate of drug-likeness (QED) is 0.440. The van der Waals surface area contributed by atoms with Crippen LogP contribution in [0.5, 0.6) is 0 Å². The number of aldehydes is 1. The molecule has 2 rings (SSSR count). The number of hydrogen-bond acceptors (Lipinski definition) is 7. The molecule has 2 heterocycles. The van der Waals surface area contributed by atoms with E-state index in [0.717, 1.165) is 0 Å². The zero-order valence-electron chi connectivity index (χ0n) is 17.7. The van der Waals surface area contributed by atoms with Crippen LogP contribution in [0, 0.1) is 18.3 Å². The molecule has 1 atom stereocenters. The highest BCUT2D eigenvalue weighted by Crippen LogP contribution is 2.24. The minimum Gasteiger partial charge on any atom is -0.383 e. The zero-order valence-corrected chi connectivity index (χ0v) is 17.7. The van der Waals surface area contributed by atoms with Gasteiger partial charge in [-0.1, -0.05) is 13.0 Å². The number of aromatic nitrogens is 2. The SMILES string of the molecule is CCC(CF)N(C(=O)Nc1cc(NCCOC)c(C#N)cn1)c1nc(C=O)ccc1C.